The van der Waals surface area contributed by atoms with E-state index in [-0.39, 0.29) is 0 Å². The number of benzene rings is 1. The van der Waals surface area contributed by atoms with E-state index in [1.54, 1.807) is 0 Å². The largest absolute Gasteiger partial charge is 0.411 e. The Bertz CT molecular complexity index is 415. The van der Waals surface area contributed by atoms with Crippen molar-refractivity contribution in [3.8, 4) is 0 Å². The number of hydrogen-bond donors (Lipinski definition) is 1. The molecule has 1 aromatic carbocycles. The van der Waals surface area contributed by atoms with Gasteiger partial charge in [-0.3, -0.25) is 0 Å². The topological polar surface area (TPSA) is 32.6 Å². The molecule has 1 aliphatic carbocycles. The monoisotopic (exact) mass is 215 g/mol. The van der Waals surface area contributed by atoms with Crippen LogP contribution in [0.15, 0.2) is 35.0 Å². The molecule has 0 saturated heterocycles. The molecule has 2 heteroatoms. The van der Waals surface area contributed by atoms with Crippen LogP contribution in [0.3, 0.4) is 0 Å². The molecule has 0 spiro atoms. The van der Waals surface area contributed by atoms with Gasteiger partial charge in [-0.25, -0.2) is 0 Å². The van der Waals surface area contributed by atoms with E-state index in [0.717, 1.165) is 25.0 Å². The summed E-state index contributed by atoms with van der Waals surface area (Å²) in [5, 5.41) is 12.3. The highest BCUT2D eigenvalue weighted by Crippen LogP contribution is 2.23. The van der Waals surface area contributed by atoms with Gasteiger partial charge in [-0.05, 0) is 49.8 Å². The highest BCUT2D eigenvalue weighted by Gasteiger charge is 2.13. The molecule has 16 heavy (non-hydrogen) atoms. The number of hydrogen-bond acceptors (Lipinski definition) is 2. The van der Waals surface area contributed by atoms with Crippen molar-refractivity contribution >= 4 is 11.8 Å². The molecule has 84 valence electrons. The number of aryl methyl sites for hydroxylation is 1. The summed E-state index contributed by atoms with van der Waals surface area (Å²) in [7, 11) is 0. The van der Waals surface area contributed by atoms with Crippen molar-refractivity contribution in [2.45, 2.75) is 32.6 Å². The maximum absolute atomic E-state index is 8.93. The average molecular weight is 215 g/mol. The van der Waals surface area contributed by atoms with E-state index in [4.69, 9.17) is 5.21 Å². The molecule has 0 heterocycles. The lowest BCUT2D eigenvalue weighted by Gasteiger charge is -2.15. The summed E-state index contributed by atoms with van der Waals surface area (Å²) in [5.74, 6) is 0. The molecule has 0 aliphatic heterocycles. The van der Waals surface area contributed by atoms with E-state index in [9.17, 15) is 0 Å². The van der Waals surface area contributed by atoms with Crippen LogP contribution >= 0.6 is 0 Å². The Kier molecular flexibility index (Phi) is 3.40. The quantitative estimate of drug-likeness (QED) is 0.561. The number of oxime groups is 1. The highest BCUT2D eigenvalue weighted by molar-refractivity contribution is 6.03. The standard InChI is InChI=1S/C14H17NO/c1-11-6-8-12(9-7-11)10-13-4-2-3-5-14(13)15-16/h6-10,16H,2-5H2,1H3/b13-10-,15-14+. The summed E-state index contributed by atoms with van der Waals surface area (Å²) < 4.78 is 0. The summed E-state index contributed by atoms with van der Waals surface area (Å²) in [6, 6.07) is 8.41. The Hall–Kier alpha value is -1.57. The van der Waals surface area contributed by atoms with Gasteiger partial charge in [0, 0.05) is 0 Å². The molecule has 0 radical (unpaired) electrons. The molecular formula is C14H17NO. The Balaban J connectivity index is 2.25. The normalized spacial score (nSPS) is 21.6. The van der Waals surface area contributed by atoms with Gasteiger partial charge in [-0.15, -0.1) is 0 Å². The van der Waals surface area contributed by atoms with Crippen LogP contribution in [0, 0.1) is 6.92 Å². The Morgan fingerprint density at radius 2 is 1.81 bits per heavy atom. The smallest absolute Gasteiger partial charge is 0.0827 e. The molecule has 0 unspecified atom stereocenters. The third-order valence-corrected chi connectivity index (χ3v) is 3.02. The third-order valence-electron chi connectivity index (χ3n) is 3.02. The summed E-state index contributed by atoms with van der Waals surface area (Å²) in [6.07, 6.45) is 6.37. The lowest BCUT2D eigenvalue weighted by molar-refractivity contribution is 0.316. The molecule has 1 fully saturated rings. The molecule has 2 rings (SSSR count). The van der Waals surface area contributed by atoms with Crippen molar-refractivity contribution in [1.29, 1.82) is 0 Å². The molecule has 0 atom stereocenters. The molecule has 1 saturated carbocycles. The van der Waals surface area contributed by atoms with Gasteiger partial charge in [-0.2, -0.15) is 0 Å². The van der Waals surface area contributed by atoms with Gasteiger partial charge in [0.15, 0.2) is 0 Å². The summed E-state index contributed by atoms with van der Waals surface area (Å²) in [6.45, 7) is 2.08. The van der Waals surface area contributed by atoms with Crippen LogP contribution in [0.2, 0.25) is 0 Å². The van der Waals surface area contributed by atoms with Crippen molar-refractivity contribution in [2.75, 3.05) is 0 Å². The maximum Gasteiger partial charge on any atom is 0.0827 e. The minimum Gasteiger partial charge on any atom is -0.411 e. The van der Waals surface area contributed by atoms with E-state index in [1.807, 2.05) is 0 Å². The fraction of sp³-hybridized carbons (Fsp3) is 0.357. The molecule has 0 bridgehead atoms. The SMILES string of the molecule is Cc1ccc(/C=C2/CCCC/C2=N\O)cc1. The fourth-order valence-corrected chi connectivity index (χ4v) is 2.05. The summed E-state index contributed by atoms with van der Waals surface area (Å²) in [4.78, 5) is 0. The summed E-state index contributed by atoms with van der Waals surface area (Å²) >= 11 is 0. The van der Waals surface area contributed by atoms with Gasteiger partial charge in [0.1, 0.15) is 0 Å². The Morgan fingerprint density at radius 3 is 2.50 bits per heavy atom. The van der Waals surface area contributed by atoms with Crippen LogP contribution in [-0.4, -0.2) is 10.9 Å². The predicted molar refractivity (Wildman–Crippen MR) is 66.8 cm³/mol. The van der Waals surface area contributed by atoms with Gasteiger partial charge in [0.25, 0.3) is 0 Å². The first-order valence-corrected chi connectivity index (χ1v) is 5.78. The predicted octanol–water partition coefficient (Wildman–Crippen LogP) is 3.78. The third kappa shape index (κ3) is 2.51. The van der Waals surface area contributed by atoms with Crippen molar-refractivity contribution < 1.29 is 5.21 Å². The zero-order valence-electron chi connectivity index (χ0n) is 9.61. The van der Waals surface area contributed by atoms with Crippen LogP contribution in [0.4, 0.5) is 0 Å². The molecule has 1 aliphatic rings. The Morgan fingerprint density at radius 1 is 1.12 bits per heavy atom. The van der Waals surface area contributed by atoms with Crippen molar-refractivity contribution in [1.82, 2.24) is 0 Å². The first-order chi connectivity index (χ1) is 7.79. The minimum absolute atomic E-state index is 0.854. The molecular weight excluding hydrogens is 198 g/mol. The maximum atomic E-state index is 8.93. The molecule has 1 aromatic rings. The number of allylic oxidation sites excluding steroid dienone is 1. The Labute approximate surface area is 96.3 Å². The van der Waals surface area contributed by atoms with Crippen LogP contribution in [-0.2, 0) is 0 Å². The second-order valence-electron chi connectivity index (χ2n) is 4.33. The van der Waals surface area contributed by atoms with Crippen LogP contribution in [0.25, 0.3) is 6.08 Å². The molecule has 1 N–H and O–H groups in total. The summed E-state index contributed by atoms with van der Waals surface area (Å²) in [5.41, 5.74) is 4.48. The minimum atomic E-state index is 0.854. The van der Waals surface area contributed by atoms with E-state index >= 15 is 0 Å². The van der Waals surface area contributed by atoms with E-state index in [2.05, 4.69) is 42.4 Å². The first-order valence-electron chi connectivity index (χ1n) is 5.78. The first kappa shape index (κ1) is 10.9. The van der Waals surface area contributed by atoms with Crippen molar-refractivity contribution in [3.63, 3.8) is 0 Å². The molecule has 0 amide bonds. The second-order valence-corrected chi connectivity index (χ2v) is 4.33. The van der Waals surface area contributed by atoms with E-state index in [0.29, 0.717) is 0 Å². The van der Waals surface area contributed by atoms with Crippen LogP contribution in [0.5, 0.6) is 0 Å². The fourth-order valence-electron chi connectivity index (χ4n) is 2.05. The van der Waals surface area contributed by atoms with Crippen molar-refractivity contribution in [3.05, 3.63) is 41.0 Å². The zero-order valence-corrected chi connectivity index (χ0v) is 9.61. The van der Waals surface area contributed by atoms with Crippen LogP contribution in [0.1, 0.15) is 36.8 Å². The molecule has 2 nitrogen and oxygen atoms in total. The van der Waals surface area contributed by atoms with Gasteiger partial charge in [-0.1, -0.05) is 35.0 Å². The second kappa shape index (κ2) is 4.97. The lowest BCUT2D eigenvalue weighted by Crippen LogP contribution is -2.08. The van der Waals surface area contributed by atoms with Gasteiger partial charge in [0.2, 0.25) is 0 Å². The van der Waals surface area contributed by atoms with Gasteiger partial charge in [0.05, 0.1) is 5.71 Å². The van der Waals surface area contributed by atoms with Gasteiger partial charge < -0.3 is 5.21 Å². The number of nitrogens with zero attached hydrogens (tertiary/aromatic N) is 1. The van der Waals surface area contributed by atoms with Crippen LogP contribution < -0.4 is 0 Å². The number of rotatable bonds is 1. The van der Waals surface area contributed by atoms with Gasteiger partial charge >= 0.3 is 0 Å². The van der Waals surface area contributed by atoms with E-state index < -0.39 is 0 Å². The highest BCUT2D eigenvalue weighted by atomic mass is 16.4. The molecule has 0 aromatic heterocycles. The van der Waals surface area contributed by atoms with Crippen molar-refractivity contribution in [2.24, 2.45) is 5.16 Å². The lowest BCUT2D eigenvalue weighted by atomic mass is 9.91. The van der Waals surface area contributed by atoms with E-state index in [1.165, 1.54) is 23.1 Å². The zero-order chi connectivity index (χ0) is 11.4. The average Bonchev–Trinajstić information content (AvgIpc) is 2.33.